The highest BCUT2D eigenvalue weighted by Crippen LogP contribution is 2.34. The first-order chi connectivity index (χ1) is 11.3. The molecule has 0 N–H and O–H groups in total. The Morgan fingerprint density at radius 2 is 1.96 bits per heavy atom. The Balaban J connectivity index is 2.11. The maximum atomic E-state index is 13.2. The van der Waals surface area contributed by atoms with E-state index in [0.717, 1.165) is 6.42 Å². The summed E-state index contributed by atoms with van der Waals surface area (Å²) in [5, 5.41) is 7.88. The van der Waals surface area contributed by atoms with Gasteiger partial charge in [-0.25, -0.2) is 4.98 Å². The molecule has 128 valence electrons. The van der Waals surface area contributed by atoms with Crippen molar-refractivity contribution in [2.75, 3.05) is 0 Å². The molecule has 0 saturated heterocycles. The van der Waals surface area contributed by atoms with Crippen molar-refractivity contribution in [2.24, 2.45) is 0 Å². The number of alkyl halides is 3. The summed E-state index contributed by atoms with van der Waals surface area (Å²) in [4.78, 5) is 3.78. The summed E-state index contributed by atoms with van der Waals surface area (Å²) in [6, 6.07) is 4.47. The maximum Gasteiger partial charge on any atom is 0.449 e. The van der Waals surface area contributed by atoms with E-state index in [1.807, 2.05) is 6.92 Å². The van der Waals surface area contributed by atoms with Gasteiger partial charge in [0.2, 0.25) is 17.6 Å². The van der Waals surface area contributed by atoms with Gasteiger partial charge in [-0.15, -0.1) is 10.2 Å². The summed E-state index contributed by atoms with van der Waals surface area (Å²) in [5.41, 5.74) is 1.23. The second-order valence-electron chi connectivity index (χ2n) is 5.85. The normalized spacial score (nSPS) is 12.5. The predicted octanol–water partition coefficient (Wildman–Crippen LogP) is 4.64. The topological polar surface area (TPSA) is 56.7 Å². The van der Waals surface area contributed by atoms with E-state index >= 15 is 0 Å². The zero-order chi connectivity index (χ0) is 17.5. The minimum atomic E-state index is -4.51. The molecule has 0 aliphatic rings. The molecule has 0 bridgehead atoms. The number of halogens is 3. The van der Waals surface area contributed by atoms with Crippen LogP contribution in [0.15, 0.2) is 22.6 Å². The fraction of sp³-hybridized carbons (Fsp3) is 0.438. The molecule has 0 spiro atoms. The number of aromatic nitrogens is 4. The van der Waals surface area contributed by atoms with Gasteiger partial charge in [0.25, 0.3) is 0 Å². The maximum absolute atomic E-state index is 13.2. The highest BCUT2D eigenvalue weighted by atomic mass is 19.4. The van der Waals surface area contributed by atoms with Gasteiger partial charge in [0, 0.05) is 18.0 Å². The number of rotatable bonds is 4. The molecule has 0 aliphatic carbocycles. The van der Waals surface area contributed by atoms with E-state index in [9.17, 15) is 13.2 Å². The molecule has 3 aromatic rings. The molecule has 3 rings (SSSR count). The van der Waals surface area contributed by atoms with Gasteiger partial charge in [-0.3, -0.25) is 0 Å². The zero-order valence-corrected chi connectivity index (χ0v) is 13.6. The second-order valence-corrected chi connectivity index (χ2v) is 5.85. The first kappa shape index (κ1) is 16.5. The summed E-state index contributed by atoms with van der Waals surface area (Å²) in [6.07, 6.45) is -2.98. The van der Waals surface area contributed by atoms with Crippen LogP contribution in [0.3, 0.4) is 0 Å². The Hall–Kier alpha value is -2.38. The standard InChI is InChI=1S/C16H17F3N4O/c1-4-5-13-21-22-14(24-13)10-6-7-12-11(8-10)20-15(16(17,18)19)23(12)9(2)3/h6-9H,4-5H2,1-3H3. The largest absolute Gasteiger partial charge is 0.449 e. The van der Waals surface area contributed by atoms with Crippen LogP contribution < -0.4 is 0 Å². The summed E-state index contributed by atoms with van der Waals surface area (Å²) >= 11 is 0. The summed E-state index contributed by atoms with van der Waals surface area (Å²) in [5.74, 6) is -0.105. The van der Waals surface area contributed by atoms with Gasteiger partial charge < -0.3 is 8.98 Å². The van der Waals surface area contributed by atoms with Crippen LogP contribution in [0, 0.1) is 0 Å². The quantitative estimate of drug-likeness (QED) is 0.695. The van der Waals surface area contributed by atoms with Crippen LogP contribution in [-0.4, -0.2) is 19.7 Å². The number of imidazole rings is 1. The van der Waals surface area contributed by atoms with Crippen LogP contribution in [0.4, 0.5) is 13.2 Å². The van der Waals surface area contributed by atoms with Crippen LogP contribution >= 0.6 is 0 Å². The van der Waals surface area contributed by atoms with Crippen LogP contribution in [0.25, 0.3) is 22.5 Å². The van der Waals surface area contributed by atoms with Gasteiger partial charge in [0.15, 0.2) is 0 Å². The van der Waals surface area contributed by atoms with E-state index in [1.165, 1.54) is 4.57 Å². The van der Waals surface area contributed by atoms with Crippen LogP contribution in [0.5, 0.6) is 0 Å². The average molecular weight is 338 g/mol. The summed E-state index contributed by atoms with van der Waals surface area (Å²) in [7, 11) is 0. The predicted molar refractivity (Wildman–Crippen MR) is 82.4 cm³/mol. The lowest BCUT2D eigenvalue weighted by Gasteiger charge is -2.14. The van der Waals surface area contributed by atoms with Crippen LogP contribution in [-0.2, 0) is 12.6 Å². The van der Waals surface area contributed by atoms with Crippen molar-refractivity contribution < 1.29 is 17.6 Å². The Morgan fingerprint density at radius 1 is 1.21 bits per heavy atom. The van der Waals surface area contributed by atoms with Crippen molar-refractivity contribution in [3.05, 3.63) is 29.9 Å². The zero-order valence-electron chi connectivity index (χ0n) is 13.6. The van der Waals surface area contributed by atoms with Gasteiger partial charge in [0.1, 0.15) is 0 Å². The number of benzene rings is 1. The minimum Gasteiger partial charge on any atom is -0.421 e. The Labute approximate surface area is 136 Å². The molecule has 0 atom stereocenters. The molecule has 0 saturated carbocycles. The number of aryl methyl sites for hydroxylation is 1. The van der Waals surface area contributed by atoms with Gasteiger partial charge in [0.05, 0.1) is 11.0 Å². The second kappa shape index (κ2) is 5.92. The molecule has 0 aliphatic heterocycles. The fourth-order valence-electron chi connectivity index (χ4n) is 2.64. The third kappa shape index (κ3) is 2.88. The highest BCUT2D eigenvalue weighted by molar-refractivity contribution is 5.81. The molecule has 1 aromatic carbocycles. The smallest absolute Gasteiger partial charge is 0.421 e. The lowest BCUT2D eigenvalue weighted by molar-refractivity contribution is -0.147. The van der Waals surface area contributed by atoms with E-state index in [1.54, 1.807) is 32.0 Å². The SMILES string of the molecule is CCCc1nnc(-c2ccc3c(c2)nc(C(F)(F)F)n3C(C)C)o1. The van der Waals surface area contributed by atoms with E-state index in [-0.39, 0.29) is 17.4 Å². The summed E-state index contributed by atoms with van der Waals surface area (Å²) < 4.78 is 46.4. The Morgan fingerprint density at radius 3 is 2.58 bits per heavy atom. The van der Waals surface area contributed by atoms with E-state index in [4.69, 9.17) is 4.42 Å². The minimum absolute atomic E-state index is 0.253. The average Bonchev–Trinajstić information content (AvgIpc) is 3.10. The van der Waals surface area contributed by atoms with Gasteiger partial charge >= 0.3 is 6.18 Å². The van der Waals surface area contributed by atoms with Gasteiger partial charge in [-0.1, -0.05) is 6.92 Å². The van der Waals surface area contributed by atoms with E-state index in [0.29, 0.717) is 23.4 Å². The monoisotopic (exact) mass is 338 g/mol. The number of hydrogen-bond donors (Lipinski definition) is 0. The third-order valence-corrected chi connectivity index (χ3v) is 3.64. The molecule has 2 heterocycles. The van der Waals surface area contributed by atoms with Gasteiger partial charge in [-0.2, -0.15) is 13.2 Å². The molecule has 5 nitrogen and oxygen atoms in total. The molecule has 24 heavy (non-hydrogen) atoms. The van der Waals surface area contributed by atoms with Crippen molar-refractivity contribution >= 4 is 11.0 Å². The van der Waals surface area contributed by atoms with Crippen molar-refractivity contribution in [1.82, 2.24) is 19.7 Å². The van der Waals surface area contributed by atoms with Gasteiger partial charge in [-0.05, 0) is 38.5 Å². The lowest BCUT2D eigenvalue weighted by atomic mass is 10.2. The van der Waals surface area contributed by atoms with Crippen LogP contribution in [0.1, 0.15) is 44.9 Å². The van der Waals surface area contributed by atoms with E-state index in [2.05, 4.69) is 15.2 Å². The lowest BCUT2D eigenvalue weighted by Crippen LogP contribution is -2.16. The van der Waals surface area contributed by atoms with Crippen molar-refractivity contribution in [3.63, 3.8) is 0 Å². The molecule has 0 radical (unpaired) electrons. The highest BCUT2D eigenvalue weighted by Gasteiger charge is 2.38. The van der Waals surface area contributed by atoms with Crippen molar-refractivity contribution in [3.8, 4) is 11.5 Å². The number of fused-ring (bicyclic) bond motifs is 1. The van der Waals surface area contributed by atoms with Crippen molar-refractivity contribution in [1.29, 1.82) is 0 Å². The molecule has 0 unspecified atom stereocenters. The summed E-state index contributed by atoms with van der Waals surface area (Å²) in [6.45, 7) is 5.38. The molecule has 0 fully saturated rings. The molecular weight excluding hydrogens is 321 g/mol. The first-order valence-electron chi connectivity index (χ1n) is 7.73. The number of nitrogens with zero attached hydrogens (tertiary/aromatic N) is 4. The van der Waals surface area contributed by atoms with E-state index < -0.39 is 12.0 Å². The fourth-order valence-corrected chi connectivity index (χ4v) is 2.64. The van der Waals surface area contributed by atoms with Crippen LogP contribution in [0.2, 0.25) is 0 Å². The first-order valence-corrected chi connectivity index (χ1v) is 7.73. The third-order valence-electron chi connectivity index (χ3n) is 3.64. The molecule has 0 amide bonds. The molecular formula is C16H17F3N4O. The molecule has 2 aromatic heterocycles. The number of hydrogen-bond acceptors (Lipinski definition) is 4. The molecule has 8 heteroatoms. The van der Waals surface area contributed by atoms with Crippen molar-refractivity contribution in [2.45, 2.75) is 45.8 Å². The Bertz CT molecular complexity index is 864. The Kier molecular flexibility index (Phi) is 4.06.